The number of nitrogens with zero attached hydrogens (tertiary/aromatic N) is 1. The quantitative estimate of drug-likeness (QED) is 0.340. The molecule has 0 unspecified atom stereocenters. The molecule has 0 spiro atoms. The SMILES string of the molecule is COc1ccc(S(=O)(=O)N(C[C@@H](O)[C@@H](CC(=O)O[C@H]2CCO[C@H]3OCC[C@H]32)Cc2ccccc2)CC(C)(C)F)cc1F. The highest BCUT2D eigenvalue weighted by molar-refractivity contribution is 7.89. The van der Waals surface area contributed by atoms with Crippen molar-refractivity contribution in [2.24, 2.45) is 11.8 Å². The number of esters is 1. The van der Waals surface area contributed by atoms with Crippen molar-refractivity contribution in [3.63, 3.8) is 0 Å². The van der Waals surface area contributed by atoms with Gasteiger partial charge in [-0.1, -0.05) is 30.3 Å². The molecule has 0 radical (unpaired) electrons. The minimum Gasteiger partial charge on any atom is -0.494 e. The third-order valence-corrected chi connectivity index (χ3v) is 9.35. The van der Waals surface area contributed by atoms with E-state index in [-0.39, 0.29) is 30.6 Å². The molecule has 2 fully saturated rings. The van der Waals surface area contributed by atoms with Crippen molar-refractivity contribution >= 4 is 16.0 Å². The number of hydrogen-bond acceptors (Lipinski definition) is 8. The molecule has 0 amide bonds. The highest BCUT2D eigenvalue weighted by Gasteiger charge is 2.41. The van der Waals surface area contributed by atoms with Gasteiger partial charge in [-0.3, -0.25) is 4.79 Å². The third kappa shape index (κ3) is 8.25. The fourth-order valence-electron chi connectivity index (χ4n) is 5.45. The Morgan fingerprint density at radius 3 is 2.48 bits per heavy atom. The fourth-order valence-corrected chi connectivity index (χ4v) is 7.06. The summed E-state index contributed by atoms with van der Waals surface area (Å²) < 4.78 is 79.2. The Balaban J connectivity index is 1.55. The van der Waals surface area contributed by atoms with Crippen LogP contribution >= 0.6 is 0 Å². The predicted octanol–water partition coefficient (Wildman–Crippen LogP) is 3.88. The summed E-state index contributed by atoms with van der Waals surface area (Å²) in [6.07, 6.45) is -0.903. The third-order valence-electron chi connectivity index (χ3n) is 7.55. The summed E-state index contributed by atoms with van der Waals surface area (Å²) in [5, 5.41) is 11.4. The molecule has 0 saturated carbocycles. The number of benzene rings is 2. The number of aliphatic hydroxyl groups is 1. The van der Waals surface area contributed by atoms with Gasteiger partial charge in [-0.15, -0.1) is 0 Å². The molecule has 2 saturated heterocycles. The number of fused-ring (bicyclic) bond motifs is 1. The normalized spacial score (nSPS) is 22.4. The van der Waals surface area contributed by atoms with Crippen molar-refractivity contribution < 1.29 is 46.0 Å². The van der Waals surface area contributed by atoms with Crippen LogP contribution in [0.25, 0.3) is 0 Å². The number of hydrogen-bond donors (Lipinski definition) is 1. The van der Waals surface area contributed by atoms with Gasteiger partial charge < -0.3 is 24.1 Å². The molecule has 1 N–H and O–H groups in total. The van der Waals surface area contributed by atoms with Crippen LogP contribution in [0, 0.1) is 17.7 Å². The first-order valence-corrected chi connectivity index (χ1v) is 15.5. The molecule has 0 aromatic heterocycles. The van der Waals surface area contributed by atoms with Crippen LogP contribution in [0.4, 0.5) is 8.78 Å². The second-order valence-electron chi connectivity index (χ2n) is 11.4. The predicted molar refractivity (Wildman–Crippen MR) is 149 cm³/mol. The maximum absolute atomic E-state index is 14.9. The molecule has 0 bridgehead atoms. The van der Waals surface area contributed by atoms with Crippen LogP contribution in [-0.2, 0) is 35.4 Å². The largest absolute Gasteiger partial charge is 0.494 e. The molecule has 4 rings (SSSR count). The van der Waals surface area contributed by atoms with E-state index in [9.17, 15) is 27.1 Å². The van der Waals surface area contributed by atoms with Gasteiger partial charge in [0.25, 0.3) is 0 Å². The number of methoxy groups -OCH3 is 1. The van der Waals surface area contributed by atoms with Crippen LogP contribution in [0.3, 0.4) is 0 Å². The van der Waals surface area contributed by atoms with Gasteiger partial charge in [-0.2, -0.15) is 4.31 Å². The number of alkyl halides is 1. The molecule has 2 aromatic rings. The van der Waals surface area contributed by atoms with Crippen molar-refractivity contribution in [3.05, 3.63) is 59.9 Å². The van der Waals surface area contributed by atoms with Crippen molar-refractivity contribution in [2.75, 3.05) is 33.4 Å². The monoisotopic (exact) mass is 611 g/mol. The van der Waals surface area contributed by atoms with Gasteiger partial charge in [0.1, 0.15) is 11.8 Å². The Hall–Kier alpha value is -2.64. The Labute approximate surface area is 245 Å². The van der Waals surface area contributed by atoms with Crippen LogP contribution in [0.5, 0.6) is 5.75 Å². The standard InChI is InChI=1S/C30H39F2NO8S/c1-30(2,32)19-33(42(36,37)22-9-10-27(38-3)24(31)17-22)18-25(34)21(15-20-7-5-4-6-8-20)16-28(35)41-26-12-14-40-29-23(26)11-13-39-29/h4-10,17,21,23,25-26,29,34H,11-16,18-19H2,1-3H3/t21-,23+,25-,26+,29-/m1/s1. The molecule has 0 aliphatic carbocycles. The summed E-state index contributed by atoms with van der Waals surface area (Å²) in [5.74, 6) is -2.41. The second-order valence-corrected chi connectivity index (χ2v) is 13.4. The summed E-state index contributed by atoms with van der Waals surface area (Å²) in [4.78, 5) is 12.8. The van der Waals surface area contributed by atoms with E-state index in [2.05, 4.69) is 0 Å². The number of sulfonamides is 1. The zero-order chi connectivity index (χ0) is 30.5. The number of ether oxygens (including phenoxy) is 4. The summed E-state index contributed by atoms with van der Waals surface area (Å²) in [6, 6.07) is 12.3. The molecular formula is C30H39F2NO8S. The molecule has 2 aliphatic heterocycles. The molecular weight excluding hydrogens is 572 g/mol. The van der Waals surface area contributed by atoms with Crippen molar-refractivity contribution in [1.82, 2.24) is 4.31 Å². The lowest BCUT2D eigenvalue weighted by Crippen LogP contribution is -2.46. The molecule has 2 aliphatic rings. The molecule has 9 nitrogen and oxygen atoms in total. The van der Waals surface area contributed by atoms with E-state index >= 15 is 0 Å². The first-order chi connectivity index (χ1) is 19.9. The molecule has 5 atom stereocenters. The van der Waals surface area contributed by atoms with Gasteiger partial charge in [-0.05, 0) is 50.5 Å². The molecule has 232 valence electrons. The lowest BCUT2D eigenvalue weighted by molar-refractivity contribution is -0.195. The topological polar surface area (TPSA) is 112 Å². The van der Waals surface area contributed by atoms with Crippen LogP contribution in [0.15, 0.2) is 53.4 Å². The summed E-state index contributed by atoms with van der Waals surface area (Å²) in [6.45, 7) is 2.21. The van der Waals surface area contributed by atoms with Gasteiger partial charge in [0.2, 0.25) is 10.0 Å². The molecule has 12 heteroatoms. The van der Waals surface area contributed by atoms with E-state index in [1.165, 1.54) is 27.0 Å². The number of carbonyl (C=O) groups is 1. The van der Waals surface area contributed by atoms with Crippen LogP contribution in [0.2, 0.25) is 0 Å². The van der Waals surface area contributed by atoms with E-state index in [1.807, 2.05) is 30.3 Å². The molecule has 2 aromatic carbocycles. The summed E-state index contributed by atoms with van der Waals surface area (Å²) in [7, 11) is -3.20. The van der Waals surface area contributed by atoms with Crippen molar-refractivity contribution in [3.8, 4) is 5.75 Å². The number of rotatable bonds is 13. The molecule has 42 heavy (non-hydrogen) atoms. The van der Waals surface area contributed by atoms with Gasteiger partial charge in [0.05, 0.1) is 37.7 Å². The van der Waals surface area contributed by atoms with Crippen molar-refractivity contribution in [2.45, 2.75) is 68.6 Å². The van der Waals surface area contributed by atoms with E-state index in [1.54, 1.807) is 0 Å². The van der Waals surface area contributed by atoms with E-state index in [4.69, 9.17) is 18.9 Å². The van der Waals surface area contributed by atoms with Gasteiger partial charge in [0, 0.05) is 31.3 Å². The first-order valence-electron chi connectivity index (χ1n) is 14.0. The smallest absolute Gasteiger partial charge is 0.306 e. The maximum atomic E-state index is 14.9. The second kappa shape index (κ2) is 13.8. The Bertz CT molecular complexity index is 1300. The summed E-state index contributed by atoms with van der Waals surface area (Å²) in [5.41, 5.74) is -1.16. The van der Waals surface area contributed by atoms with Crippen LogP contribution in [-0.4, -0.2) is 81.4 Å². The molecule has 2 heterocycles. The number of halogens is 2. The Morgan fingerprint density at radius 2 is 1.83 bits per heavy atom. The summed E-state index contributed by atoms with van der Waals surface area (Å²) >= 11 is 0. The zero-order valence-corrected chi connectivity index (χ0v) is 24.9. The lowest BCUT2D eigenvalue weighted by atomic mass is 9.90. The Morgan fingerprint density at radius 1 is 1.14 bits per heavy atom. The maximum Gasteiger partial charge on any atom is 0.306 e. The zero-order valence-electron chi connectivity index (χ0n) is 24.1. The highest BCUT2D eigenvalue weighted by Crippen LogP contribution is 2.33. The van der Waals surface area contributed by atoms with Gasteiger partial charge in [0.15, 0.2) is 17.9 Å². The number of carbonyl (C=O) groups excluding carboxylic acids is 1. The fraction of sp³-hybridized carbons (Fsp3) is 0.567. The van der Waals surface area contributed by atoms with Crippen LogP contribution in [0.1, 0.15) is 38.7 Å². The van der Waals surface area contributed by atoms with Crippen molar-refractivity contribution in [1.29, 1.82) is 0 Å². The first kappa shape index (κ1) is 32.3. The lowest BCUT2D eigenvalue weighted by Gasteiger charge is -2.33. The minimum atomic E-state index is -4.45. The van der Waals surface area contributed by atoms with E-state index in [0.29, 0.717) is 26.1 Å². The van der Waals surface area contributed by atoms with Crippen LogP contribution < -0.4 is 4.74 Å². The van der Waals surface area contributed by atoms with Gasteiger partial charge in [-0.25, -0.2) is 17.2 Å². The highest BCUT2D eigenvalue weighted by atomic mass is 32.2. The van der Waals surface area contributed by atoms with E-state index < -0.39 is 63.8 Å². The average molecular weight is 612 g/mol. The Kier molecular flexibility index (Phi) is 10.6. The van der Waals surface area contributed by atoms with Gasteiger partial charge >= 0.3 is 5.97 Å². The minimum absolute atomic E-state index is 0.0718. The number of aliphatic hydroxyl groups excluding tert-OH is 1. The average Bonchev–Trinajstić information content (AvgIpc) is 3.42. The van der Waals surface area contributed by atoms with E-state index in [0.717, 1.165) is 22.0 Å².